The first-order valence-electron chi connectivity index (χ1n) is 7.60. The molecule has 0 aliphatic carbocycles. The molecule has 0 unspecified atom stereocenters. The fourth-order valence-electron chi connectivity index (χ4n) is 2.04. The predicted molar refractivity (Wildman–Crippen MR) is 96.1 cm³/mol. The van der Waals surface area contributed by atoms with Crippen LogP contribution >= 0.6 is 11.3 Å². The topological polar surface area (TPSA) is 80.9 Å². The van der Waals surface area contributed by atoms with E-state index in [1.54, 1.807) is 6.07 Å². The van der Waals surface area contributed by atoms with Crippen molar-refractivity contribution in [3.05, 3.63) is 69.4 Å². The number of alkyl halides is 3. The van der Waals surface area contributed by atoms with Gasteiger partial charge in [0, 0.05) is 12.4 Å². The first kappa shape index (κ1) is 19.3. The first-order valence-corrected chi connectivity index (χ1v) is 8.41. The van der Waals surface area contributed by atoms with Gasteiger partial charge in [0.15, 0.2) is 0 Å². The maximum absolute atomic E-state index is 13.8. The summed E-state index contributed by atoms with van der Waals surface area (Å²) in [6.07, 6.45) is -1.77. The lowest BCUT2D eigenvalue weighted by Crippen LogP contribution is -2.13. The van der Waals surface area contributed by atoms with E-state index in [9.17, 15) is 22.4 Å². The maximum Gasteiger partial charge on any atom is 0.416 e. The zero-order valence-corrected chi connectivity index (χ0v) is 14.7. The van der Waals surface area contributed by atoms with Gasteiger partial charge in [-0.15, -0.1) is 11.3 Å². The Labute approximate surface area is 160 Å². The first-order chi connectivity index (χ1) is 13.2. The second-order valence-electron chi connectivity index (χ2n) is 5.39. The summed E-state index contributed by atoms with van der Waals surface area (Å²) in [7, 11) is 0. The second-order valence-corrected chi connectivity index (χ2v) is 6.47. The molecule has 3 N–H and O–H groups in total. The summed E-state index contributed by atoms with van der Waals surface area (Å²) in [5.41, 5.74) is 4.27. The Kier molecular flexibility index (Phi) is 5.28. The molecular formula is C18H10F4N4OS. The fraction of sp³-hybridized carbons (Fsp3) is 0.0556. The van der Waals surface area contributed by atoms with Crippen LogP contribution in [0.15, 0.2) is 42.7 Å². The summed E-state index contributed by atoms with van der Waals surface area (Å²) in [6.45, 7) is 0. The van der Waals surface area contributed by atoms with Gasteiger partial charge in [-0.05, 0) is 30.3 Å². The highest BCUT2D eigenvalue weighted by Crippen LogP contribution is 2.32. The summed E-state index contributed by atoms with van der Waals surface area (Å²) in [5, 5.41) is 2.15. The Bertz CT molecular complexity index is 1080. The van der Waals surface area contributed by atoms with Crippen LogP contribution in [0, 0.1) is 17.7 Å². The highest BCUT2D eigenvalue weighted by molar-refractivity contribution is 7.14. The van der Waals surface area contributed by atoms with Crippen LogP contribution in [-0.2, 0) is 6.18 Å². The van der Waals surface area contributed by atoms with Gasteiger partial charge in [0.05, 0.1) is 26.6 Å². The van der Waals surface area contributed by atoms with E-state index in [1.165, 1.54) is 18.5 Å². The standard InChI is InChI=1S/C18H10F4N4OS/c19-13-5-2-11(18(20,21)22)7-14(13)26-16(27)15-6-4-12(28-15)3-1-10-8-24-17(23)25-9-10/h2,4-9H,(H,26,27)(H2,23,24,25). The van der Waals surface area contributed by atoms with Crippen LogP contribution < -0.4 is 11.1 Å². The number of anilines is 2. The Balaban J connectivity index is 1.76. The van der Waals surface area contributed by atoms with Gasteiger partial charge in [-0.25, -0.2) is 14.4 Å². The van der Waals surface area contributed by atoms with Crippen LogP contribution in [0.4, 0.5) is 29.2 Å². The van der Waals surface area contributed by atoms with Crippen molar-refractivity contribution in [3.8, 4) is 11.8 Å². The number of thiophene rings is 1. The van der Waals surface area contributed by atoms with E-state index in [0.717, 1.165) is 11.3 Å². The van der Waals surface area contributed by atoms with Gasteiger partial charge in [-0.1, -0.05) is 11.8 Å². The van der Waals surface area contributed by atoms with Crippen molar-refractivity contribution in [2.24, 2.45) is 0 Å². The fourth-order valence-corrected chi connectivity index (χ4v) is 2.80. The number of aromatic nitrogens is 2. The minimum atomic E-state index is -4.65. The number of nitrogens with zero attached hydrogens (tertiary/aromatic N) is 2. The molecule has 10 heteroatoms. The van der Waals surface area contributed by atoms with Crippen LogP contribution in [0.5, 0.6) is 0 Å². The van der Waals surface area contributed by atoms with Gasteiger partial charge in [0.1, 0.15) is 5.82 Å². The average molecular weight is 406 g/mol. The maximum atomic E-state index is 13.8. The second kappa shape index (κ2) is 7.66. The largest absolute Gasteiger partial charge is 0.416 e. The molecule has 0 fully saturated rings. The molecule has 2 aromatic heterocycles. The number of amides is 1. The predicted octanol–water partition coefficient (Wildman–Crippen LogP) is 3.93. The normalized spacial score (nSPS) is 10.9. The molecule has 2 heterocycles. The van der Waals surface area contributed by atoms with E-state index in [-0.39, 0.29) is 10.8 Å². The lowest BCUT2D eigenvalue weighted by molar-refractivity contribution is -0.137. The molecule has 0 spiro atoms. The number of halogens is 4. The number of carbonyl (C=O) groups excluding carboxylic acids is 1. The summed E-state index contributed by atoms with van der Waals surface area (Å²) in [5.74, 6) is 3.99. The third-order valence-corrected chi connectivity index (χ3v) is 4.37. The van der Waals surface area contributed by atoms with Gasteiger partial charge >= 0.3 is 6.18 Å². The van der Waals surface area contributed by atoms with E-state index in [2.05, 4.69) is 27.1 Å². The minimum Gasteiger partial charge on any atom is -0.368 e. The van der Waals surface area contributed by atoms with Crippen LogP contribution in [0.25, 0.3) is 0 Å². The molecule has 3 rings (SSSR count). The molecular weight excluding hydrogens is 396 g/mol. The number of carbonyl (C=O) groups is 1. The van der Waals surface area contributed by atoms with Gasteiger partial charge < -0.3 is 11.1 Å². The Morgan fingerprint density at radius 1 is 1.11 bits per heavy atom. The summed E-state index contributed by atoms with van der Waals surface area (Å²) in [6, 6.07) is 4.80. The molecule has 0 bridgehead atoms. The zero-order chi connectivity index (χ0) is 20.3. The molecule has 142 valence electrons. The van der Waals surface area contributed by atoms with Gasteiger partial charge in [0.25, 0.3) is 5.91 Å². The van der Waals surface area contributed by atoms with Crippen molar-refractivity contribution >= 4 is 28.9 Å². The third-order valence-electron chi connectivity index (χ3n) is 3.37. The van der Waals surface area contributed by atoms with Gasteiger partial charge in [-0.3, -0.25) is 4.79 Å². The van der Waals surface area contributed by atoms with E-state index in [4.69, 9.17) is 5.73 Å². The van der Waals surface area contributed by atoms with Gasteiger partial charge in [-0.2, -0.15) is 13.2 Å². The minimum absolute atomic E-state index is 0.113. The highest BCUT2D eigenvalue weighted by atomic mass is 32.1. The number of nitrogens with one attached hydrogen (secondary N) is 1. The van der Waals surface area contributed by atoms with Crippen molar-refractivity contribution in [2.45, 2.75) is 6.18 Å². The molecule has 1 amide bonds. The summed E-state index contributed by atoms with van der Waals surface area (Å²) < 4.78 is 52.0. The average Bonchev–Trinajstić information content (AvgIpc) is 3.11. The van der Waals surface area contributed by atoms with E-state index < -0.39 is 29.2 Å². The van der Waals surface area contributed by atoms with Gasteiger partial charge in [0.2, 0.25) is 5.95 Å². The van der Waals surface area contributed by atoms with Crippen LogP contribution in [0.2, 0.25) is 0 Å². The lowest BCUT2D eigenvalue weighted by Gasteiger charge is -2.10. The molecule has 0 saturated carbocycles. The molecule has 1 aromatic carbocycles. The molecule has 0 radical (unpaired) electrons. The van der Waals surface area contributed by atoms with Crippen molar-refractivity contribution in [3.63, 3.8) is 0 Å². The number of nitrogen functional groups attached to an aromatic ring is 1. The van der Waals surface area contributed by atoms with E-state index in [0.29, 0.717) is 28.6 Å². The zero-order valence-electron chi connectivity index (χ0n) is 13.8. The monoisotopic (exact) mass is 406 g/mol. The number of hydrogen-bond donors (Lipinski definition) is 2. The molecule has 0 aliphatic rings. The Morgan fingerprint density at radius 2 is 1.82 bits per heavy atom. The highest BCUT2D eigenvalue weighted by Gasteiger charge is 2.31. The summed E-state index contributed by atoms with van der Waals surface area (Å²) >= 11 is 1.00. The van der Waals surface area contributed by atoms with Crippen molar-refractivity contribution in [1.29, 1.82) is 0 Å². The Hall–Kier alpha value is -3.45. The number of nitrogens with two attached hydrogens (primary N) is 1. The SMILES string of the molecule is Nc1ncc(C#Cc2ccc(C(=O)Nc3cc(C(F)(F)F)ccc3F)s2)cn1. The molecule has 0 atom stereocenters. The Morgan fingerprint density at radius 3 is 2.50 bits per heavy atom. The summed E-state index contributed by atoms with van der Waals surface area (Å²) in [4.78, 5) is 20.5. The van der Waals surface area contributed by atoms with Crippen LogP contribution in [0.1, 0.15) is 25.7 Å². The van der Waals surface area contributed by atoms with Crippen LogP contribution in [-0.4, -0.2) is 15.9 Å². The molecule has 0 aliphatic heterocycles. The smallest absolute Gasteiger partial charge is 0.368 e. The van der Waals surface area contributed by atoms with E-state index >= 15 is 0 Å². The molecule has 0 saturated heterocycles. The third kappa shape index (κ3) is 4.63. The van der Waals surface area contributed by atoms with E-state index in [1.807, 2.05) is 0 Å². The van der Waals surface area contributed by atoms with Crippen LogP contribution in [0.3, 0.4) is 0 Å². The molecule has 3 aromatic rings. The number of hydrogen-bond acceptors (Lipinski definition) is 5. The lowest BCUT2D eigenvalue weighted by atomic mass is 10.2. The molecule has 28 heavy (non-hydrogen) atoms. The quantitative estimate of drug-likeness (QED) is 0.499. The number of benzene rings is 1. The van der Waals surface area contributed by atoms with Crippen molar-refractivity contribution in [2.75, 3.05) is 11.1 Å². The van der Waals surface area contributed by atoms with Crippen molar-refractivity contribution in [1.82, 2.24) is 9.97 Å². The number of rotatable bonds is 2. The van der Waals surface area contributed by atoms with Crippen molar-refractivity contribution < 1.29 is 22.4 Å². The molecule has 5 nitrogen and oxygen atoms in total.